The van der Waals surface area contributed by atoms with Crippen LogP contribution in [0, 0.1) is 6.92 Å². The molecule has 0 bridgehead atoms. The lowest BCUT2D eigenvalue weighted by molar-refractivity contribution is 0.0317. The fourth-order valence-electron chi connectivity index (χ4n) is 3.34. The van der Waals surface area contributed by atoms with Gasteiger partial charge in [0.05, 0.1) is 30.8 Å². The minimum absolute atomic E-state index is 0.000358. The van der Waals surface area contributed by atoms with Crippen LogP contribution >= 0.6 is 0 Å². The van der Waals surface area contributed by atoms with Crippen molar-refractivity contribution in [3.63, 3.8) is 0 Å². The van der Waals surface area contributed by atoms with Crippen LogP contribution in [0.3, 0.4) is 0 Å². The Morgan fingerprint density at radius 2 is 1.92 bits per heavy atom. The number of hydrogen-bond donors (Lipinski definition) is 2. The molecule has 3 atom stereocenters. The maximum Gasteiger partial charge on any atom is 0.154 e. The van der Waals surface area contributed by atoms with Crippen LogP contribution in [0.25, 0.3) is 0 Å². The van der Waals surface area contributed by atoms with Gasteiger partial charge in [0.25, 0.3) is 0 Å². The zero-order valence-electron chi connectivity index (χ0n) is 14.0. The van der Waals surface area contributed by atoms with E-state index in [-0.39, 0.29) is 17.5 Å². The number of nitrogens with zero attached hydrogens (tertiary/aromatic N) is 1. The minimum Gasteiger partial charge on any atom is -0.390 e. The lowest BCUT2D eigenvalue weighted by Crippen LogP contribution is -2.47. The second-order valence-corrected chi connectivity index (χ2v) is 8.95. The van der Waals surface area contributed by atoms with Gasteiger partial charge >= 0.3 is 0 Å². The standard InChI is InChI=1S/C17H26N2O4S/c1-13-2-4-14(5-3-13)15(10-19-6-8-23-9-7-19)18-16-11-24(21,22)12-17(16)20/h2-5,15-18,20H,6-12H2,1H3/t15-,16-,17+/m0/s1. The molecule has 2 aliphatic rings. The summed E-state index contributed by atoms with van der Waals surface area (Å²) in [4.78, 5) is 2.32. The molecule has 0 aliphatic carbocycles. The first-order valence-corrected chi connectivity index (χ1v) is 10.3. The number of rotatable bonds is 5. The van der Waals surface area contributed by atoms with Crippen LogP contribution < -0.4 is 5.32 Å². The molecule has 1 aromatic carbocycles. The monoisotopic (exact) mass is 354 g/mol. The zero-order valence-corrected chi connectivity index (χ0v) is 14.8. The van der Waals surface area contributed by atoms with Gasteiger partial charge in [-0.05, 0) is 12.5 Å². The summed E-state index contributed by atoms with van der Waals surface area (Å²) in [6.45, 7) is 6.00. The van der Waals surface area contributed by atoms with Gasteiger partial charge in [0, 0.05) is 31.7 Å². The van der Waals surface area contributed by atoms with Crippen molar-refractivity contribution in [2.75, 3.05) is 44.4 Å². The quantitative estimate of drug-likeness (QED) is 0.782. The van der Waals surface area contributed by atoms with Gasteiger partial charge in [-0.3, -0.25) is 4.90 Å². The smallest absolute Gasteiger partial charge is 0.154 e. The number of morpholine rings is 1. The molecule has 2 N–H and O–H groups in total. The number of ether oxygens (including phenoxy) is 1. The summed E-state index contributed by atoms with van der Waals surface area (Å²) in [5.74, 6) is -0.150. The fourth-order valence-corrected chi connectivity index (χ4v) is 5.10. The molecule has 0 radical (unpaired) electrons. The van der Waals surface area contributed by atoms with Gasteiger partial charge in [-0.2, -0.15) is 0 Å². The molecule has 2 heterocycles. The molecule has 134 valence electrons. The van der Waals surface area contributed by atoms with Crippen LogP contribution in [0.15, 0.2) is 24.3 Å². The first-order chi connectivity index (χ1) is 11.4. The van der Waals surface area contributed by atoms with E-state index in [1.165, 1.54) is 5.56 Å². The maximum absolute atomic E-state index is 11.8. The van der Waals surface area contributed by atoms with Gasteiger partial charge in [-0.15, -0.1) is 0 Å². The highest BCUT2D eigenvalue weighted by molar-refractivity contribution is 7.91. The van der Waals surface area contributed by atoms with Crippen LogP contribution in [0.4, 0.5) is 0 Å². The Balaban J connectivity index is 1.75. The van der Waals surface area contributed by atoms with Gasteiger partial charge in [0.1, 0.15) is 0 Å². The Hall–Kier alpha value is -0.990. The van der Waals surface area contributed by atoms with E-state index in [9.17, 15) is 13.5 Å². The van der Waals surface area contributed by atoms with Crippen LogP contribution in [0.2, 0.25) is 0 Å². The third kappa shape index (κ3) is 4.55. The van der Waals surface area contributed by atoms with E-state index in [1.807, 2.05) is 6.92 Å². The number of hydrogen-bond acceptors (Lipinski definition) is 6. The van der Waals surface area contributed by atoms with E-state index in [0.29, 0.717) is 0 Å². The summed E-state index contributed by atoms with van der Waals surface area (Å²) >= 11 is 0. The van der Waals surface area contributed by atoms with Crippen molar-refractivity contribution < 1.29 is 18.3 Å². The number of sulfone groups is 1. The van der Waals surface area contributed by atoms with Crippen molar-refractivity contribution in [1.82, 2.24) is 10.2 Å². The van der Waals surface area contributed by atoms with E-state index in [4.69, 9.17) is 4.74 Å². The van der Waals surface area contributed by atoms with Crippen LogP contribution in [-0.2, 0) is 14.6 Å². The molecule has 0 unspecified atom stereocenters. The van der Waals surface area contributed by atoms with Gasteiger partial charge < -0.3 is 15.2 Å². The third-order valence-electron chi connectivity index (χ3n) is 4.76. The van der Waals surface area contributed by atoms with Crippen LogP contribution in [0.1, 0.15) is 17.2 Å². The van der Waals surface area contributed by atoms with Crippen molar-refractivity contribution in [2.24, 2.45) is 0 Å². The lowest BCUT2D eigenvalue weighted by Gasteiger charge is -2.33. The Morgan fingerprint density at radius 1 is 1.25 bits per heavy atom. The van der Waals surface area contributed by atoms with Crippen molar-refractivity contribution in [3.05, 3.63) is 35.4 Å². The molecular weight excluding hydrogens is 328 g/mol. The van der Waals surface area contributed by atoms with Gasteiger partial charge in [0.2, 0.25) is 0 Å². The summed E-state index contributed by atoms with van der Waals surface area (Å²) in [6, 6.07) is 7.84. The van der Waals surface area contributed by atoms with Crippen molar-refractivity contribution in [3.8, 4) is 0 Å². The van der Waals surface area contributed by atoms with E-state index >= 15 is 0 Å². The zero-order chi connectivity index (χ0) is 17.2. The second-order valence-electron chi connectivity index (χ2n) is 6.79. The highest BCUT2D eigenvalue weighted by atomic mass is 32.2. The normalized spacial score (nSPS) is 28.8. The molecule has 7 heteroatoms. The molecule has 3 rings (SSSR count). The Bertz CT molecular complexity index is 641. The van der Waals surface area contributed by atoms with Gasteiger partial charge in [-0.1, -0.05) is 29.8 Å². The number of nitrogens with one attached hydrogen (secondary N) is 1. The average Bonchev–Trinajstić information content (AvgIpc) is 2.80. The first kappa shape index (κ1) is 17.8. The SMILES string of the molecule is Cc1ccc([C@H](CN2CCOCC2)N[C@H]2CS(=O)(=O)C[C@H]2O)cc1. The van der Waals surface area contributed by atoms with Crippen molar-refractivity contribution in [2.45, 2.75) is 25.1 Å². The van der Waals surface area contributed by atoms with E-state index in [2.05, 4.69) is 34.5 Å². The van der Waals surface area contributed by atoms with Crippen molar-refractivity contribution >= 4 is 9.84 Å². The molecule has 0 saturated carbocycles. The van der Waals surface area contributed by atoms with Crippen molar-refractivity contribution in [1.29, 1.82) is 0 Å². The number of benzene rings is 1. The van der Waals surface area contributed by atoms with E-state index < -0.39 is 22.0 Å². The highest BCUT2D eigenvalue weighted by Crippen LogP contribution is 2.21. The molecule has 24 heavy (non-hydrogen) atoms. The predicted octanol–water partition coefficient (Wildman–Crippen LogP) is 0.116. The molecular formula is C17H26N2O4S. The van der Waals surface area contributed by atoms with Crippen LogP contribution in [-0.4, -0.2) is 74.9 Å². The number of aryl methyl sites for hydroxylation is 1. The Kier molecular flexibility index (Phi) is 5.56. The molecule has 0 amide bonds. The van der Waals surface area contributed by atoms with Gasteiger partial charge in [-0.25, -0.2) is 8.42 Å². The molecule has 2 saturated heterocycles. The van der Waals surface area contributed by atoms with E-state index in [0.717, 1.165) is 38.4 Å². The fraction of sp³-hybridized carbons (Fsp3) is 0.647. The maximum atomic E-state index is 11.8. The summed E-state index contributed by atoms with van der Waals surface area (Å²) < 4.78 is 29.0. The van der Waals surface area contributed by atoms with Crippen LogP contribution in [0.5, 0.6) is 0 Å². The molecule has 0 aromatic heterocycles. The summed E-state index contributed by atoms with van der Waals surface area (Å²) in [6.07, 6.45) is -0.840. The predicted molar refractivity (Wildman–Crippen MR) is 92.8 cm³/mol. The molecule has 2 fully saturated rings. The largest absolute Gasteiger partial charge is 0.390 e. The molecule has 2 aliphatic heterocycles. The third-order valence-corrected chi connectivity index (χ3v) is 6.48. The first-order valence-electron chi connectivity index (χ1n) is 8.44. The topological polar surface area (TPSA) is 78.9 Å². The minimum atomic E-state index is -3.16. The number of aliphatic hydroxyl groups is 1. The van der Waals surface area contributed by atoms with E-state index in [1.54, 1.807) is 0 Å². The Morgan fingerprint density at radius 3 is 2.50 bits per heavy atom. The molecule has 1 aromatic rings. The summed E-state index contributed by atoms with van der Waals surface area (Å²) in [7, 11) is -3.16. The summed E-state index contributed by atoms with van der Waals surface area (Å²) in [5, 5.41) is 13.5. The molecule has 6 nitrogen and oxygen atoms in total. The lowest BCUT2D eigenvalue weighted by atomic mass is 10.0. The average molecular weight is 354 g/mol. The Labute approximate surface area is 143 Å². The number of aliphatic hydroxyl groups excluding tert-OH is 1. The van der Waals surface area contributed by atoms with Gasteiger partial charge in [0.15, 0.2) is 9.84 Å². The molecule has 0 spiro atoms. The second kappa shape index (κ2) is 7.49. The summed E-state index contributed by atoms with van der Waals surface area (Å²) in [5.41, 5.74) is 2.30. The highest BCUT2D eigenvalue weighted by Gasteiger charge is 2.37.